The van der Waals surface area contributed by atoms with Gasteiger partial charge in [0.15, 0.2) is 4.34 Å². The standard InChI is InChI=1S/C17H24N4O3S3/c1-6-13(15(22)18-16-19-20-17(26-16)25-7-2)21(27(5,23)24)14-10-11(3)8-9-12(14)4/h8-10,13H,6-7H2,1-5H3,(H,18,19,22)/t13-/m1/s1. The van der Waals surface area contributed by atoms with Crippen LogP contribution in [0.4, 0.5) is 10.8 Å². The van der Waals surface area contributed by atoms with Gasteiger partial charge in [0.25, 0.3) is 0 Å². The summed E-state index contributed by atoms with van der Waals surface area (Å²) >= 11 is 2.81. The van der Waals surface area contributed by atoms with Gasteiger partial charge in [0.2, 0.25) is 21.1 Å². The molecule has 10 heteroatoms. The summed E-state index contributed by atoms with van der Waals surface area (Å²) in [5.74, 6) is 0.433. The molecule has 0 radical (unpaired) electrons. The fourth-order valence-corrected chi connectivity index (χ4v) is 5.54. The SMILES string of the molecule is CCSc1nnc(NC(=O)[C@@H](CC)N(c2cc(C)ccc2C)S(C)(=O)=O)s1. The van der Waals surface area contributed by atoms with E-state index in [0.29, 0.717) is 17.2 Å². The topological polar surface area (TPSA) is 92.3 Å². The van der Waals surface area contributed by atoms with Gasteiger partial charge in [0.1, 0.15) is 6.04 Å². The molecule has 148 valence electrons. The van der Waals surface area contributed by atoms with Crippen molar-refractivity contribution in [2.24, 2.45) is 0 Å². The Bertz CT molecular complexity index is 912. The first-order chi connectivity index (χ1) is 12.7. The Hall–Kier alpha value is -1.65. The molecule has 1 amide bonds. The van der Waals surface area contributed by atoms with E-state index >= 15 is 0 Å². The minimum absolute atomic E-state index is 0.321. The fraction of sp³-hybridized carbons (Fsp3) is 0.471. The van der Waals surface area contributed by atoms with Crippen molar-refractivity contribution in [1.29, 1.82) is 0 Å². The Morgan fingerprint density at radius 1 is 1.30 bits per heavy atom. The molecule has 0 aliphatic heterocycles. The molecule has 0 aliphatic rings. The van der Waals surface area contributed by atoms with Crippen LogP contribution < -0.4 is 9.62 Å². The van der Waals surface area contributed by atoms with Crippen LogP contribution >= 0.6 is 23.1 Å². The van der Waals surface area contributed by atoms with Gasteiger partial charge in [-0.2, -0.15) is 0 Å². The number of thioether (sulfide) groups is 1. The van der Waals surface area contributed by atoms with E-state index in [-0.39, 0.29) is 0 Å². The zero-order chi connectivity index (χ0) is 20.2. The molecular formula is C17H24N4O3S3. The zero-order valence-electron chi connectivity index (χ0n) is 16.0. The lowest BCUT2D eigenvalue weighted by molar-refractivity contribution is -0.117. The second-order valence-corrected chi connectivity index (χ2v) is 10.4. The van der Waals surface area contributed by atoms with Crippen LogP contribution in [0.1, 0.15) is 31.4 Å². The minimum Gasteiger partial charge on any atom is -0.299 e. The van der Waals surface area contributed by atoms with E-state index in [1.165, 1.54) is 27.4 Å². The lowest BCUT2D eigenvalue weighted by atomic mass is 10.1. The molecule has 1 aromatic carbocycles. The molecule has 0 saturated heterocycles. The summed E-state index contributed by atoms with van der Waals surface area (Å²) in [6, 6.07) is 4.67. The number of aromatic nitrogens is 2. The molecule has 0 aliphatic carbocycles. The summed E-state index contributed by atoms with van der Waals surface area (Å²) in [7, 11) is -3.67. The maximum Gasteiger partial charge on any atom is 0.250 e. The first-order valence-corrected chi connectivity index (χ1v) is 12.2. The average Bonchev–Trinajstić information content (AvgIpc) is 3.01. The van der Waals surface area contributed by atoms with Crippen LogP contribution in [0.3, 0.4) is 0 Å². The molecule has 7 nitrogen and oxygen atoms in total. The fourth-order valence-electron chi connectivity index (χ4n) is 2.62. The Morgan fingerprint density at radius 3 is 2.59 bits per heavy atom. The first-order valence-electron chi connectivity index (χ1n) is 8.51. The van der Waals surface area contributed by atoms with Crippen molar-refractivity contribution in [2.45, 2.75) is 44.5 Å². The van der Waals surface area contributed by atoms with Gasteiger partial charge in [-0.1, -0.05) is 49.1 Å². The molecule has 0 spiro atoms. The van der Waals surface area contributed by atoms with E-state index in [4.69, 9.17) is 0 Å². The summed E-state index contributed by atoms with van der Waals surface area (Å²) in [4.78, 5) is 12.9. The van der Waals surface area contributed by atoms with Crippen molar-refractivity contribution >= 4 is 49.8 Å². The summed E-state index contributed by atoms with van der Waals surface area (Å²) in [5.41, 5.74) is 2.22. The highest BCUT2D eigenvalue weighted by Crippen LogP contribution is 2.29. The van der Waals surface area contributed by atoms with Gasteiger partial charge in [0.05, 0.1) is 11.9 Å². The van der Waals surface area contributed by atoms with Crippen molar-refractivity contribution in [3.63, 3.8) is 0 Å². The number of nitrogens with one attached hydrogen (secondary N) is 1. The minimum atomic E-state index is -3.67. The molecule has 0 bridgehead atoms. The molecule has 2 rings (SSSR count). The van der Waals surface area contributed by atoms with Crippen LogP contribution in [0.2, 0.25) is 0 Å². The molecule has 0 unspecified atom stereocenters. The second kappa shape index (κ2) is 9.03. The molecule has 27 heavy (non-hydrogen) atoms. The molecule has 1 atom stereocenters. The monoisotopic (exact) mass is 428 g/mol. The highest BCUT2D eigenvalue weighted by Gasteiger charge is 2.33. The summed E-state index contributed by atoms with van der Waals surface area (Å²) in [6.07, 6.45) is 1.44. The number of aryl methyl sites for hydroxylation is 2. The van der Waals surface area contributed by atoms with Gasteiger partial charge in [-0.25, -0.2) is 8.42 Å². The zero-order valence-corrected chi connectivity index (χ0v) is 18.5. The predicted octanol–water partition coefficient (Wildman–Crippen LogP) is 3.45. The first kappa shape index (κ1) is 21.6. The molecule has 0 fully saturated rings. The van der Waals surface area contributed by atoms with Crippen molar-refractivity contribution in [2.75, 3.05) is 21.6 Å². The van der Waals surface area contributed by atoms with Gasteiger partial charge >= 0.3 is 0 Å². The van der Waals surface area contributed by atoms with Crippen molar-refractivity contribution in [1.82, 2.24) is 10.2 Å². The van der Waals surface area contributed by atoms with Crippen LogP contribution in [0.25, 0.3) is 0 Å². The average molecular weight is 429 g/mol. The van der Waals surface area contributed by atoms with E-state index in [2.05, 4.69) is 15.5 Å². The van der Waals surface area contributed by atoms with Gasteiger partial charge in [0, 0.05) is 0 Å². The van der Waals surface area contributed by atoms with Crippen molar-refractivity contribution in [3.8, 4) is 0 Å². The largest absolute Gasteiger partial charge is 0.299 e. The number of nitrogens with zero attached hydrogens (tertiary/aromatic N) is 3. The molecule has 1 N–H and O–H groups in total. The number of hydrogen-bond donors (Lipinski definition) is 1. The number of rotatable bonds is 8. The summed E-state index contributed by atoms with van der Waals surface area (Å²) < 4.78 is 27.1. The predicted molar refractivity (Wildman–Crippen MR) is 112 cm³/mol. The second-order valence-electron chi connectivity index (χ2n) is 6.07. The van der Waals surface area contributed by atoms with Crippen molar-refractivity contribution < 1.29 is 13.2 Å². The number of carbonyl (C=O) groups excluding carboxylic acids is 1. The molecule has 2 aromatic rings. The Morgan fingerprint density at radius 2 is 2.00 bits per heavy atom. The summed E-state index contributed by atoms with van der Waals surface area (Å²) in [5, 5.41) is 11.1. The molecular weight excluding hydrogens is 404 g/mol. The maximum absolute atomic E-state index is 12.9. The van der Waals surface area contributed by atoms with Crippen LogP contribution in [-0.2, 0) is 14.8 Å². The quantitative estimate of drug-likeness (QED) is 0.511. The van der Waals surface area contributed by atoms with E-state index in [1.807, 2.05) is 32.9 Å². The van der Waals surface area contributed by atoms with E-state index in [0.717, 1.165) is 27.5 Å². The number of carbonyl (C=O) groups is 1. The van der Waals surface area contributed by atoms with Gasteiger partial charge < -0.3 is 0 Å². The third kappa shape index (κ3) is 5.43. The van der Waals surface area contributed by atoms with Crippen molar-refractivity contribution in [3.05, 3.63) is 29.3 Å². The Labute approximate surface area is 168 Å². The summed E-state index contributed by atoms with van der Waals surface area (Å²) in [6.45, 7) is 7.51. The maximum atomic E-state index is 12.9. The van der Waals surface area contributed by atoms with Crippen LogP contribution in [-0.4, -0.2) is 42.6 Å². The third-order valence-electron chi connectivity index (χ3n) is 3.84. The number of amides is 1. The normalized spacial score (nSPS) is 12.6. The number of benzene rings is 1. The Balaban J connectivity index is 2.36. The van der Waals surface area contributed by atoms with Gasteiger partial charge in [-0.3, -0.25) is 14.4 Å². The highest BCUT2D eigenvalue weighted by molar-refractivity contribution is 8.01. The highest BCUT2D eigenvalue weighted by atomic mass is 32.2. The van der Waals surface area contributed by atoms with Gasteiger partial charge in [-0.15, -0.1) is 10.2 Å². The van der Waals surface area contributed by atoms with Gasteiger partial charge in [-0.05, 0) is 43.2 Å². The smallest absolute Gasteiger partial charge is 0.250 e. The van der Waals surface area contributed by atoms with E-state index in [1.54, 1.807) is 13.0 Å². The number of anilines is 2. The molecule has 0 saturated carbocycles. The lowest BCUT2D eigenvalue weighted by Gasteiger charge is -2.31. The van der Waals surface area contributed by atoms with Crippen LogP contribution in [0.5, 0.6) is 0 Å². The van der Waals surface area contributed by atoms with E-state index < -0.39 is 22.0 Å². The lowest BCUT2D eigenvalue weighted by Crippen LogP contribution is -2.47. The molecule has 1 heterocycles. The van der Waals surface area contributed by atoms with Crippen LogP contribution in [0.15, 0.2) is 22.5 Å². The van der Waals surface area contributed by atoms with E-state index in [9.17, 15) is 13.2 Å². The number of sulfonamides is 1. The molecule has 1 aromatic heterocycles. The Kier molecular flexibility index (Phi) is 7.24. The van der Waals surface area contributed by atoms with Crippen LogP contribution in [0, 0.1) is 13.8 Å². The third-order valence-corrected chi connectivity index (χ3v) is 6.86. The number of hydrogen-bond acceptors (Lipinski definition) is 7.